The molecular weight excluding hydrogens is 506 g/mol. The van der Waals surface area contributed by atoms with Gasteiger partial charge in [-0.1, -0.05) is 29.8 Å². The average molecular weight is 524 g/mol. The minimum absolute atomic E-state index is 0.0458. The standard InChI is InChI=1S/C26H18ClNO7S/c27-19-10-23-22(34-14-35-23)9-17(19)11-28-25(29)24(36-26(28)30)8-15-1-4-18(5-2-15)31-12-16-3-6-20-21(7-16)33-13-32-20/h1-10H,11-14H2/b24-8-. The van der Waals surface area contributed by atoms with Crippen LogP contribution in [0.4, 0.5) is 4.79 Å². The van der Waals surface area contributed by atoms with Crippen LogP contribution in [0.3, 0.4) is 0 Å². The van der Waals surface area contributed by atoms with Gasteiger partial charge in [0, 0.05) is 11.1 Å². The fourth-order valence-electron chi connectivity index (χ4n) is 3.90. The summed E-state index contributed by atoms with van der Waals surface area (Å²) in [6.45, 7) is 0.760. The Morgan fingerprint density at radius 2 is 1.58 bits per heavy atom. The van der Waals surface area contributed by atoms with Crippen molar-refractivity contribution < 1.29 is 33.3 Å². The summed E-state index contributed by atoms with van der Waals surface area (Å²) in [6.07, 6.45) is 1.69. The molecule has 182 valence electrons. The Balaban J connectivity index is 1.11. The molecule has 2 amide bonds. The van der Waals surface area contributed by atoms with Gasteiger partial charge in [0.2, 0.25) is 13.6 Å². The third-order valence-corrected chi connectivity index (χ3v) is 7.02. The molecule has 36 heavy (non-hydrogen) atoms. The van der Waals surface area contributed by atoms with E-state index in [-0.39, 0.29) is 31.3 Å². The van der Waals surface area contributed by atoms with Crippen molar-refractivity contribution >= 4 is 40.6 Å². The second kappa shape index (κ2) is 9.33. The minimum Gasteiger partial charge on any atom is -0.489 e. The lowest BCUT2D eigenvalue weighted by Crippen LogP contribution is -2.27. The number of hydrogen-bond donors (Lipinski definition) is 0. The van der Waals surface area contributed by atoms with E-state index >= 15 is 0 Å². The number of fused-ring (bicyclic) bond motifs is 2. The van der Waals surface area contributed by atoms with Gasteiger partial charge in [0.25, 0.3) is 11.1 Å². The summed E-state index contributed by atoms with van der Waals surface area (Å²) in [4.78, 5) is 27.0. The van der Waals surface area contributed by atoms with Crippen LogP contribution in [0.2, 0.25) is 5.02 Å². The molecule has 3 aromatic carbocycles. The van der Waals surface area contributed by atoms with Crippen molar-refractivity contribution in [3.63, 3.8) is 0 Å². The van der Waals surface area contributed by atoms with E-state index in [2.05, 4.69) is 0 Å². The van der Waals surface area contributed by atoms with Crippen molar-refractivity contribution in [2.75, 3.05) is 13.6 Å². The molecule has 1 saturated heterocycles. The molecule has 0 aromatic heterocycles. The first-order valence-electron chi connectivity index (χ1n) is 11.0. The number of ether oxygens (including phenoxy) is 5. The van der Waals surface area contributed by atoms with E-state index in [0.29, 0.717) is 45.1 Å². The molecule has 3 heterocycles. The van der Waals surface area contributed by atoms with Gasteiger partial charge in [0.1, 0.15) is 12.4 Å². The predicted octanol–water partition coefficient (Wildman–Crippen LogP) is 5.61. The first kappa shape index (κ1) is 22.6. The quantitative estimate of drug-likeness (QED) is 0.385. The zero-order valence-corrected chi connectivity index (χ0v) is 20.3. The van der Waals surface area contributed by atoms with Gasteiger partial charge in [0.15, 0.2) is 23.0 Å². The van der Waals surface area contributed by atoms with Crippen LogP contribution in [0, 0.1) is 0 Å². The van der Waals surface area contributed by atoms with E-state index in [4.69, 9.17) is 35.3 Å². The Kier molecular flexibility index (Phi) is 5.86. The van der Waals surface area contributed by atoms with E-state index in [1.54, 1.807) is 18.2 Å². The molecule has 0 aliphatic carbocycles. The van der Waals surface area contributed by atoms with Crippen LogP contribution < -0.4 is 23.7 Å². The fourth-order valence-corrected chi connectivity index (χ4v) is 4.95. The molecule has 0 N–H and O–H groups in total. The maximum Gasteiger partial charge on any atom is 0.293 e. The summed E-state index contributed by atoms with van der Waals surface area (Å²) in [5.74, 6) is 2.82. The number of benzene rings is 3. The van der Waals surface area contributed by atoms with Gasteiger partial charge in [-0.2, -0.15) is 0 Å². The number of hydrogen-bond acceptors (Lipinski definition) is 8. The van der Waals surface area contributed by atoms with Crippen LogP contribution in [-0.2, 0) is 17.9 Å². The van der Waals surface area contributed by atoms with Gasteiger partial charge < -0.3 is 23.7 Å². The van der Waals surface area contributed by atoms with Crippen LogP contribution >= 0.6 is 23.4 Å². The highest BCUT2D eigenvalue weighted by Gasteiger charge is 2.35. The van der Waals surface area contributed by atoms with Crippen molar-refractivity contribution in [2.24, 2.45) is 0 Å². The largest absolute Gasteiger partial charge is 0.489 e. The molecule has 0 radical (unpaired) electrons. The Morgan fingerprint density at radius 1 is 0.889 bits per heavy atom. The smallest absolute Gasteiger partial charge is 0.293 e. The summed E-state index contributed by atoms with van der Waals surface area (Å²) in [7, 11) is 0. The van der Waals surface area contributed by atoms with Crippen LogP contribution in [0.5, 0.6) is 28.7 Å². The van der Waals surface area contributed by atoms with Gasteiger partial charge in [-0.3, -0.25) is 14.5 Å². The lowest BCUT2D eigenvalue weighted by molar-refractivity contribution is -0.123. The van der Waals surface area contributed by atoms with Crippen LogP contribution in [0.25, 0.3) is 6.08 Å². The van der Waals surface area contributed by atoms with Gasteiger partial charge in [-0.05, 0) is 64.9 Å². The summed E-state index contributed by atoms with van der Waals surface area (Å²) >= 11 is 7.22. The first-order chi connectivity index (χ1) is 17.5. The number of carbonyl (C=O) groups is 2. The SMILES string of the molecule is O=C1S/C(=C\c2ccc(OCc3ccc4c(c3)OCO4)cc2)C(=O)N1Cc1cc2c(cc1Cl)OCO2. The molecule has 3 aliphatic rings. The molecule has 10 heteroatoms. The maximum absolute atomic E-state index is 12.9. The monoisotopic (exact) mass is 523 g/mol. The molecule has 0 spiro atoms. The highest BCUT2D eigenvalue weighted by atomic mass is 35.5. The third kappa shape index (κ3) is 4.43. The van der Waals surface area contributed by atoms with Crippen LogP contribution in [0.1, 0.15) is 16.7 Å². The molecule has 0 atom stereocenters. The molecule has 3 aromatic rings. The van der Waals surface area contributed by atoms with Gasteiger partial charge in [0.05, 0.1) is 11.4 Å². The van der Waals surface area contributed by atoms with Crippen molar-refractivity contribution in [2.45, 2.75) is 13.2 Å². The lowest BCUT2D eigenvalue weighted by atomic mass is 10.1. The predicted molar refractivity (Wildman–Crippen MR) is 132 cm³/mol. The zero-order valence-electron chi connectivity index (χ0n) is 18.7. The lowest BCUT2D eigenvalue weighted by Gasteiger charge is -2.14. The number of rotatable bonds is 6. The van der Waals surface area contributed by atoms with E-state index in [1.807, 2.05) is 42.5 Å². The van der Waals surface area contributed by atoms with Crippen molar-refractivity contribution in [1.82, 2.24) is 4.90 Å². The number of nitrogens with zero attached hydrogens (tertiary/aromatic N) is 1. The minimum atomic E-state index is -0.373. The molecule has 0 bridgehead atoms. The molecule has 3 aliphatic heterocycles. The first-order valence-corrected chi connectivity index (χ1v) is 12.2. The summed E-state index contributed by atoms with van der Waals surface area (Å²) < 4.78 is 27.3. The Bertz CT molecular complexity index is 1410. The molecule has 0 saturated carbocycles. The Morgan fingerprint density at radius 3 is 2.36 bits per heavy atom. The maximum atomic E-state index is 12.9. The molecule has 6 rings (SSSR count). The number of imide groups is 1. The molecule has 0 unspecified atom stereocenters. The van der Waals surface area contributed by atoms with E-state index in [9.17, 15) is 9.59 Å². The molecule has 1 fully saturated rings. The number of amides is 2. The van der Waals surface area contributed by atoms with Crippen LogP contribution in [0.15, 0.2) is 59.5 Å². The summed E-state index contributed by atoms with van der Waals surface area (Å²) in [5.41, 5.74) is 2.34. The van der Waals surface area contributed by atoms with Crippen molar-refractivity contribution in [1.29, 1.82) is 0 Å². The molecule has 8 nitrogen and oxygen atoms in total. The second-order valence-corrected chi connectivity index (χ2v) is 9.51. The van der Waals surface area contributed by atoms with E-state index in [1.165, 1.54) is 4.90 Å². The topological polar surface area (TPSA) is 83.5 Å². The van der Waals surface area contributed by atoms with E-state index in [0.717, 1.165) is 28.6 Å². The Labute approximate surface area is 215 Å². The summed E-state index contributed by atoms with van der Waals surface area (Å²) in [5, 5.41) is 0.0438. The van der Waals surface area contributed by atoms with Crippen molar-refractivity contribution in [3.8, 4) is 28.7 Å². The molecular formula is C26H18ClNO7S. The number of thioether (sulfide) groups is 1. The third-order valence-electron chi connectivity index (χ3n) is 5.76. The average Bonchev–Trinajstić information content (AvgIpc) is 3.59. The highest BCUT2D eigenvalue weighted by Crippen LogP contribution is 2.39. The number of halogens is 1. The van der Waals surface area contributed by atoms with Gasteiger partial charge in [-0.25, -0.2) is 0 Å². The van der Waals surface area contributed by atoms with Crippen LogP contribution in [-0.4, -0.2) is 29.6 Å². The highest BCUT2D eigenvalue weighted by molar-refractivity contribution is 8.18. The number of carbonyl (C=O) groups excluding carboxylic acids is 2. The van der Waals surface area contributed by atoms with E-state index < -0.39 is 0 Å². The Hall–Kier alpha value is -3.82. The fraction of sp³-hybridized carbons (Fsp3) is 0.154. The van der Waals surface area contributed by atoms with Gasteiger partial charge in [-0.15, -0.1) is 0 Å². The van der Waals surface area contributed by atoms with Gasteiger partial charge >= 0.3 is 0 Å². The summed E-state index contributed by atoms with van der Waals surface area (Å²) in [6, 6.07) is 16.3. The zero-order chi connectivity index (χ0) is 24.6. The normalized spacial score (nSPS) is 16.8. The second-order valence-electron chi connectivity index (χ2n) is 8.11. The van der Waals surface area contributed by atoms with Crippen molar-refractivity contribution in [3.05, 3.63) is 81.2 Å².